The molecule has 0 aliphatic rings. The van der Waals surface area contributed by atoms with Gasteiger partial charge in [0.05, 0.1) is 12.2 Å². The first-order valence-corrected chi connectivity index (χ1v) is 7.68. The molecule has 2 heterocycles. The molecule has 2 aromatic rings. The van der Waals surface area contributed by atoms with Gasteiger partial charge in [0, 0.05) is 29.2 Å². The largest absolute Gasteiger partial charge is 0.435 e. The Morgan fingerprint density at radius 1 is 1.27 bits per heavy atom. The maximum Gasteiger partial charge on any atom is 0.435 e. The summed E-state index contributed by atoms with van der Waals surface area (Å²) in [7, 11) is 0. The zero-order chi connectivity index (χ0) is 16.5. The molecule has 0 radical (unpaired) electrons. The predicted octanol–water partition coefficient (Wildman–Crippen LogP) is 3.24. The number of rotatable bonds is 4. The van der Waals surface area contributed by atoms with Crippen LogP contribution in [0.1, 0.15) is 42.7 Å². The molecule has 0 saturated carbocycles. The second kappa shape index (κ2) is 6.00. The third-order valence-electron chi connectivity index (χ3n) is 3.10. The Kier molecular flexibility index (Phi) is 4.62. The first-order valence-electron chi connectivity index (χ1n) is 6.80. The molecule has 1 N–H and O–H groups in total. The molecular weight excluding hydrogens is 315 g/mol. The Morgan fingerprint density at radius 2 is 1.95 bits per heavy atom. The Morgan fingerprint density at radius 3 is 2.45 bits per heavy atom. The Labute approximate surface area is 130 Å². The summed E-state index contributed by atoms with van der Waals surface area (Å²) in [5.41, 5.74) is -0.124. The second-order valence-corrected chi connectivity index (χ2v) is 6.99. The van der Waals surface area contributed by atoms with Crippen molar-refractivity contribution < 1.29 is 18.3 Å². The lowest BCUT2D eigenvalue weighted by Crippen LogP contribution is -2.12. The number of hydrogen-bond donors (Lipinski definition) is 1. The summed E-state index contributed by atoms with van der Waals surface area (Å²) in [6, 6.07) is 0. The van der Waals surface area contributed by atoms with E-state index in [1.807, 2.05) is 26.2 Å². The van der Waals surface area contributed by atoms with Crippen molar-refractivity contribution in [2.24, 2.45) is 0 Å². The van der Waals surface area contributed by atoms with Gasteiger partial charge >= 0.3 is 6.18 Å². The summed E-state index contributed by atoms with van der Waals surface area (Å²) in [5, 5.41) is 15.1. The number of alkyl halides is 3. The predicted molar refractivity (Wildman–Crippen MR) is 77.9 cm³/mol. The maximum absolute atomic E-state index is 12.9. The highest BCUT2D eigenvalue weighted by Gasteiger charge is 2.36. The molecule has 0 saturated heterocycles. The van der Waals surface area contributed by atoms with Crippen LogP contribution in [-0.4, -0.2) is 26.5 Å². The first kappa shape index (κ1) is 17.0. The number of aliphatic hydroxyl groups is 1. The van der Waals surface area contributed by atoms with Crippen LogP contribution in [0.15, 0.2) is 11.6 Å². The van der Waals surface area contributed by atoms with Crippen molar-refractivity contribution in [1.82, 2.24) is 14.8 Å². The van der Waals surface area contributed by atoms with Crippen LogP contribution in [-0.2, 0) is 24.6 Å². The molecule has 4 nitrogen and oxygen atoms in total. The number of hydrogen-bond acceptors (Lipinski definition) is 4. The van der Waals surface area contributed by atoms with E-state index in [9.17, 15) is 13.2 Å². The molecule has 0 fully saturated rings. The summed E-state index contributed by atoms with van der Waals surface area (Å²) in [6.07, 6.45) is -3.26. The van der Waals surface area contributed by atoms with Gasteiger partial charge in [-0.05, 0) is 6.42 Å². The third-order valence-corrected chi connectivity index (χ3v) is 3.94. The van der Waals surface area contributed by atoms with Gasteiger partial charge in [-0.15, -0.1) is 11.3 Å². The minimum atomic E-state index is -4.52. The SMILES string of the molecule is CC(C)(C)c1csc(Cn2cc(CCO)c(C(F)(F)F)n2)n1. The molecule has 0 bridgehead atoms. The molecule has 8 heteroatoms. The minimum Gasteiger partial charge on any atom is -0.396 e. The van der Waals surface area contributed by atoms with E-state index in [2.05, 4.69) is 10.1 Å². The summed E-state index contributed by atoms with van der Waals surface area (Å²) in [5.74, 6) is 0. The lowest BCUT2D eigenvalue weighted by Gasteiger charge is -2.14. The van der Waals surface area contributed by atoms with Crippen molar-refractivity contribution in [1.29, 1.82) is 0 Å². The Hall–Kier alpha value is -1.41. The topological polar surface area (TPSA) is 50.9 Å². The fraction of sp³-hybridized carbons (Fsp3) is 0.571. The highest BCUT2D eigenvalue weighted by Crippen LogP contribution is 2.31. The number of nitrogens with zero attached hydrogens (tertiary/aromatic N) is 3. The lowest BCUT2D eigenvalue weighted by molar-refractivity contribution is -0.142. The van der Waals surface area contributed by atoms with Crippen molar-refractivity contribution in [3.8, 4) is 0 Å². The van der Waals surface area contributed by atoms with Crippen LogP contribution in [0.2, 0.25) is 0 Å². The van der Waals surface area contributed by atoms with E-state index < -0.39 is 11.9 Å². The molecule has 0 amide bonds. The molecule has 0 unspecified atom stereocenters. The maximum atomic E-state index is 12.9. The smallest absolute Gasteiger partial charge is 0.396 e. The molecule has 2 aromatic heterocycles. The molecule has 0 aromatic carbocycles. The van der Waals surface area contributed by atoms with Crippen molar-refractivity contribution >= 4 is 11.3 Å². The summed E-state index contributed by atoms with van der Waals surface area (Å²) in [4.78, 5) is 4.45. The standard InChI is InChI=1S/C14H18F3N3OS/c1-13(2,3)10-8-22-11(18-10)7-20-6-9(4-5-21)12(19-20)14(15,16)17/h6,8,21H,4-5,7H2,1-3H3. The van der Waals surface area contributed by atoms with Crippen molar-refractivity contribution in [3.63, 3.8) is 0 Å². The summed E-state index contributed by atoms with van der Waals surface area (Å²) < 4.78 is 40.0. The van der Waals surface area contributed by atoms with Gasteiger partial charge in [0.15, 0.2) is 5.69 Å². The van der Waals surface area contributed by atoms with Gasteiger partial charge in [-0.25, -0.2) is 4.98 Å². The normalized spacial score (nSPS) is 12.9. The van der Waals surface area contributed by atoms with E-state index in [1.54, 1.807) is 0 Å². The monoisotopic (exact) mass is 333 g/mol. The zero-order valence-electron chi connectivity index (χ0n) is 12.6. The number of aromatic nitrogens is 3. The highest BCUT2D eigenvalue weighted by molar-refractivity contribution is 7.09. The lowest BCUT2D eigenvalue weighted by atomic mass is 9.93. The molecule has 122 valence electrons. The molecule has 2 rings (SSSR count). The van der Waals surface area contributed by atoms with Crippen molar-refractivity contribution in [2.75, 3.05) is 6.61 Å². The Bertz CT molecular complexity index is 641. The molecule has 0 spiro atoms. The molecule has 0 atom stereocenters. The fourth-order valence-electron chi connectivity index (χ4n) is 1.95. The van der Waals surface area contributed by atoms with E-state index in [-0.39, 0.29) is 30.6 Å². The average molecular weight is 333 g/mol. The van der Waals surface area contributed by atoms with Crippen LogP contribution in [0.5, 0.6) is 0 Å². The van der Waals surface area contributed by atoms with Gasteiger partial charge in [-0.3, -0.25) is 4.68 Å². The fourth-order valence-corrected chi connectivity index (χ4v) is 2.96. The van der Waals surface area contributed by atoms with E-state index in [4.69, 9.17) is 5.11 Å². The number of aliphatic hydroxyl groups excluding tert-OH is 1. The molecular formula is C14H18F3N3OS. The molecule has 0 aliphatic heterocycles. The van der Waals surface area contributed by atoms with Gasteiger partial charge in [0.25, 0.3) is 0 Å². The summed E-state index contributed by atoms with van der Waals surface area (Å²) in [6.45, 7) is 5.93. The van der Waals surface area contributed by atoms with E-state index in [1.165, 1.54) is 22.2 Å². The number of thiazole rings is 1. The van der Waals surface area contributed by atoms with Gasteiger partial charge in [-0.2, -0.15) is 18.3 Å². The van der Waals surface area contributed by atoms with Gasteiger partial charge in [-0.1, -0.05) is 20.8 Å². The zero-order valence-corrected chi connectivity index (χ0v) is 13.4. The minimum absolute atomic E-state index is 0.00241. The molecule has 0 aliphatic carbocycles. The summed E-state index contributed by atoms with van der Waals surface area (Å²) >= 11 is 1.40. The van der Waals surface area contributed by atoms with Gasteiger partial charge < -0.3 is 5.11 Å². The van der Waals surface area contributed by atoms with E-state index in [0.717, 1.165) is 5.69 Å². The molecule has 22 heavy (non-hydrogen) atoms. The van der Waals surface area contributed by atoms with Gasteiger partial charge in [0.2, 0.25) is 0 Å². The average Bonchev–Trinajstić information content (AvgIpc) is 2.96. The first-order chi connectivity index (χ1) is 10.1. The van der Waals surface area contributed by atoms with Crippen LogP contribution in [0.4, 0.5) is 13.2 Å². The second-order valence-electron chi connectivity index (χ2n) is 6.05. The Balaban J connectivity index is 2.25. The third kappa shape index (κ3) is 3.86. The van der Waals surface area contributed by atoms with Crippen LogP contribution in [0, 0.1) is 0 Å². The van der Waals surface area contributed by atoms with Crippen LogP contribution >= 0.6 is 11.3 Å². The number of halogens is 3. The van der Waals surface area contributed by atoms with Gasteiger partial charge in [0.1, 0.15) is 5.01 Å². The van der Waals surface area contributed by atoms with E-state index in [0.29, 0.717) is 5.01 Å². The van der Waals surface area contributed by atoms with Crippen LogP contribution < -0.4 is 0 Å². The van der Waals surface area contributed by atoms with E-state index >= 15 is 0 Å². The van der Waals surface area contributed by atoms with Crippen LogP contribution in [0.25, 0.3) is 0 Å². The van der Waals surface area contributed by atoms with Crippen LogP contribution in [0.3, 0.4) is 0 Å². The van der Waals surface area contributed by atoms with Crippen molar-refractivity contribution in [2.45, 2.75) is 45.3 Å². The van der Waals surface area contributed by atoms with Crippen molar-refractivity contribution in [3.05, 3.63) is 33.5 Å². The quantitative estimate of drug-likeness (QED) is 0.934. The highest BCUT2D eigenvalue weighted by atomic mass is 32.1.